The summed E-state index contributed by atoms with van der Waals surface area (Å²) in [6, 6.07) is 93.1. The molecular formula is C61H56BrN5O2. The Bertz CT molecular complexity index is 2860. The first-order valence-electron chi connectivity index (χ1n) is 21.9. The summed E-state index contributed by atoms with van der Waals surface area (Å²) < 4.78 is 13.3. The van der Waals surface area contributed by atoms with Crippen molar-refractivity contribution in [1.29, 1.82) is 0 Å². The molecule has 344 valence electrons. The van der Waals surface area contributed by atoms with Crippen LogP contribution in [-0.4, -0.2) is 0 Å². The Morgan fingerprint density at radius 1 is 0.319 bits per heavy atom. The van der Waals surface area contributed by atoms with E-state index in [1.807, 2.05) is 170 Å². The van der Waals surface area contributed by atoms with Gasteiger partial charge in [-0.15, -0.1) is 0 Å². The quantitative estimate of drug-likeness (QED) is 0.105. The lowest BCUT2D eigenvalue weighted by molar-refractivity contribution is 0.482. The second-order valence-corrected chi connectivity index (χ2v) is 16.0. The van der Waals surface area contributed by atoms with Crippen molar-refractivity contribution in [3.05, 3.63) is 284 Å². The molecule has 7 nitrogen and oxygen atoms in total. The molecule has 6 N–H and O–H groups in total. The monoisotopic (exact) mass is 969 g/mol. The van der Waals surface area contributed by atoms with E-state index >= 15 is 0 Å². The van der Waals surface area contributed by atoms with Crippen molar-refractivity contribution in [2.24, 2.45) is 0 Å². The van der Waals surface area contributed by atoms with Gasteiger partial charge in [0.25, 0.3) is 0 Å². The molecule has 10 aromatic carbocycles. The Kier molecular flexibility index (Phi) is 18.8. The Morgan fingerprint density at radius 3 is 1.00 bits per heavy atom. The van der Waals surface area contributed by atoms with Crippen LogP contribution in [0, 0.1) is 0 Å². The molecule has 8 heteroatoms. The normalized spacial score (nSPS) is 9.93. The first-order valence-corrected chi connectivity index (χ1v) is 22.7. The van der Waals surface area contributed by atoms with Crippen LogP contribution in [0.4, 0.5) is 51.2 Å². The van der Waals surface area contributed by atoms with Crippen LogP contribution in [0.2, 0.25) is 0 Å². The van der Waals surface area contributed by atoms with Gasteiger partial charge in [-0.1, -0.05) is 169 Å². The largest absolute Gasteiger partial charge is 0.457 e. The maximum atomic E-state index is 6.25. The van der Waals surface area contributed by atoms with Gasteiger partial charge in [-0.05, 0) is 115 Å². The highest BCUT2D eigenvalue weighted by Crippen LogP contribution is 2.41. The fourth-order valence-electron chi connectivity index (χ4n) is 7.17. The highest BCUT2D eigenvalue weighted by molar-refractivity contribution is 9.10. The van der Waals surface area contributed by atoms with Crippen LogP contribution in [0.1, 0.15) is 7.43 Å². The summed E-state index contributed by atoms with van der Waals surface area (Å²) in [6.45, 7) is 0. The van der Waals surface area contributed by atoms with E-state index in [0.717, 1.165) is 78.7 Å². The van der Waals surface area contributed by atoms with Crippen molar-refractivity contribution >= 4 is 67.1 Å². The smallest absolute Gasteiger partial charge is 0.131 e. The lowest BCUT2D eigenvalue weighted by atomic mass is 10.1. The molecule has 0 spiro atoms. The van der Waals surface area contributed by atoms with Gasteiger partial charge in [0, 0.05) is 62.5 Å². The van der Waals surface area contributed by atoms with Gasteiger partial charge >= 0.3 is 0 Å². The van der Waals surface area contributed by atoms with E-state index in [4.69, 9.17) is 15.2 Å². The molecule has 0 amide bonds. The van der Waals surface area contributed by atoms with Crippen molar-refractivity contribution in [2.45, 2.75) is 7.43 Å². The molecule has 0 aliphatic heterocycles. The summed E-state index contributed by atoms with van der Waals surface area (Å²) in [6.07, 6.45) is 0. The molecule has 0 aliphatic rings. The molecule has 0 aromatic heterocycles. The average molecular weight is 971 g/mol. The Balaban J connectivity index is 0.000000196. The number of benzene rings is 10. The number of para-hydroxylation sites is 8. The molecule has 0 bridgehead atoms. The van der Waals surface area contributed by atoms with E-state index in [-0.39, 0.29) is 13.6 Å². The SMILES string of the molecule is Brc1cc(Oc2ccccc2)cc(N(c2ccccc2)c2ccccc2)c1.C.N.Nc1ccccc1.c1ccc(Nc2cc(Oc3ccccc3)cc(N(c3ccccc3)c3ccccc3)c2)cc1. The summed E-state index contributed by atoms with van der Waals surface area (Å²) in [5, 5.41) is 3.52. The molecule has 0 fully saturated rings. The number of hydrogen-bond donors (Lipinski definition) is 3. The minimum atomic E-state index is 0. The number of anilines is 9. The van der Waals surface area contributed by atoms with Crippen molar-refractivity contribution in [3.8, 4) is 23.0 Å². The third-order valence-corrected chi connectivity index (χ3v) is 10.6. The third-order valence-electron chi connectivity index (χ3n) is 10.1. The number of nitrogens with one attached hydrogen (secondary N) is 1. The number of nitrogen functional groups attached to an aromatic ring is 1. The second kappa shape index (κ2) is 26.0. The van der Waals surface area contributed by atoms with Gasteiger partial charge in [-0.2, -0.15) is 0 Å². The van der Waals surface area contributed by atoms with Crippen molar-refractivity contribution < 1.29 is 9.47 Å². The highest BCUT2D eigenvalue weighted by atomic mass is 79.9. The van der Waals surface area contributed by atoms with Crippen LogP contribution in [0.25, 0.3) is 0 Å². The van der Waals surface area contributed by atoms with Gasteiger partial charge in [0.2, 0.25) is 0 Å². The fraction of sp³-hybridized carbons (Fsp3) is 0.0164. The van der Waals surface area contributed by atoms with Crippen LogP contribution in [0.3, 0.4) is 0 Å². The summed E-state index contributed by atoms with van der Waals surface area (Å²) in [5.74, 6) is 3.15. The third kappa shape index (κ3) is 14.7. The molecule has 0 heterocycles. The zero-order valence-corrected chi connectivity index (χ0v) is 39.0. The molecular weight excluding hydrogens is 915 g/mol. The second-order valence-electron chi connectivity index (χ2n) is 15.1. The van der Waals surface area contributed by atoms with Crippen LogP contribution in [0.5, 0.6) is 23.0 Å². The average Bonchev–Trinajstić information content (AvgIpc) is 3.37. The Morgan fingerprint density at radius 2 is 0.638 bits per heavy atom. The van der Waals surface area contributed by atoms with Gasteiger partial charge in [0.1, 0.15) is 23.0 Å². The van der Waals surface area contributed by atoms with Gasteiger partial charge in [-0.3, -0.25) is 0 Å². The zero-order valence-electron chi connectivity index (χ0n) is 37.4. The zero-order chi connectivity index (χ0) is 45.9. The number of rotatable bonds is 12. The van der Waals surface area contributed by atoms with Crippen LogP contribution >= 0.6 is 15.9 Å². The summed E-state index contributed by atoms with van der Waals surface area (Å²) in [7, 11) is 0. The molecule has 0 saturated carbocycles. The van der Waals surface area contributed by atoms with E-state index in [9.17, 15) is 0 Å². The molecule has 0 atom stereocenters. The minimum absolute atomic E-state index is 0. The lowest BCUT2D eigenvalue weighted by Gasteiger charge is -2.26. The van der Waals surface area contributed by atoms with Gasteiger partial charge in [-0.25, -0.2) is 0 Å². The first-order chi connectivity index (χ1) is 33.0. The molecule has 10 rings (SSSR count). The van der Waals surface area contributed by atoms with Crippen LogP contribution in [-0.2, 0) is 0 Å². The van der Waals surface area contributed by atoms with Crippen LogP contribution < -0.4 is 36.5 Å². The molecule has 69 heavy (non-hydrogen) atoms. The predicted molar refractivity (Wildman–Crippen MR) is 295 cm³/mol. The number of hydrogen-bond acceptors (Lipinski definition) is 7. The number of nitrogens with zero attached hydrogens (tertiary/aromatic N) is 2. The topological polar surface area (TPSA) is 98.0 Å². The summed E-state index contributed by atoms with van der Waals surface area (Å²) in [5.41, 5.74) is 14.5. The molecule has 0 saturated heterocycles. The molecule has 10 aromatic rings. The maximum Gasteiger partial charge on any atom is 0.131 e. The van der Waals surface area contributed by atoms with Crippen molar-refractivity contribution in [2.75, 3.05) is 20.9 Å². The Hall–Kier alpha value is -8.56. The van der Waals surface area contributed by atoms with Gasteiger partial charge < -0.3 is 36.5 Å². The number of halogens is 1. The van der Waals surface area contributed by atoms with Crippen LogP contribution in [0.15, 0.2) is 284 Å². The molecule has 0 unspecified atom stereocenters. The minimum Gasteiger partial charge on any atom is -0.457 e. The molecule has 0 aliphatic carbocycles. The standard InChI is InChI=1S/C30H24N2O.C24H18BrNO.C6H7N.CH4.H3N/c1-5-13-24(14-6-1)31-25-21-28(23-30(22-25)33-29-19-11-4-12-20-29)32(26-15-7-2-8-16-26)27-17-9-3-10-18-27;25-19-16-22(18-24(17-19)27-23-14-8-3-9-15-23)26(20-10-4-1-5-11-20)21-12-6-2-7-13-21;7-6-4-2-1-3-5-6;;/h1-23,31H;1-18H;1-5H,7H2;1H4;1H3. The van der Waals surface area contributed by atoms with E-state index in [1.54, 1.807) is 0 Å². The maximum absolute atomic E-state index is 6.25. The highest BCUT2D eigenvalue weighted by Gasteiger charge is 2.16. The van der Waals surface area contributed by atoms with Gasteiger partial charge in [0.05, 0.1) is 11.4 Å². The van der Waals surface area contributed by atoms with E-state index < -0.39 is 0 Å². The summed E-state index contributed by atoms with van der Waals surface area (Å²) >= 11 is 3.63. The van der Waals surface area contributed by atoms with Crippen molar-refractivity contribution in [1.82, 2.24) is 6.15 Å². The molecule has 0 radical (unpaired) electrons. The predicted octanol–water partition coefficient (Wildman–Crippen LogP) is 18.5. The Labute approximate surface area is 415 Å². The number of nitrogens with two attached hydrogens (primary N) is 1. The lowest BCUT2D eigenvalue weighted by Crippen LogP contribution is -2.10. The van der Waals surface area contributed by atoms with E-state index in [0.29, 0.717) is 0 Å². The van der Waals surface area contributed by atoms with Crippen molar-refractivity contribution in [3.63, 3.8) is 0 Å². The van der Waals surface area contributed by atoms with Gasteiger partial charge in [0.15, 0.2) is 0 Å². The number of ether oxygens (including phenoxy) is 2. The summed E-state index contributed by atoms with van der Waals surface area (Å²) in [4.78, 5) is 4.44. The van der Waals surface area contributed by atoms with E-state index in [1.165, 1.54) is 0 Å². The first kappa shape index (κ1) is 49.9. The van der Waals surface area contributed by atoms with E-state index in [2.05, 4.69) is 140 Å². The fourth-order valence-corrected chi connectivity index (χ4v) is 7.63.